The molecule has 0 radical (unpaired) electrons. The highest BCUT2D eigenvalue weighted by Crippen LogP contribution is 2.17. The number of benzene rings is 1. The largest absolute Gasteiger partial charge is 0.313 e. The van der Waals surface area contributed by atoms with Crippen molar-refractivity contribution < 1.29 is 4.79 Å². The number of nitrogens with zero attached hydrogens (tertiary/aromatic N) is 4. The van der Waals surface area contributed by atoms with Crippen molar-refractivity contribution in [1.82, 2.24) is 19.3 Å². The van der Waals surface area contributed by atoms with Crippen LogP contribution in [0, 0.1) is 10.5 Å². The van der Waals surface area contributed by atoms with Crippen LogP contribution in [-0.2, 0) is 18.4 Å². The molecule has 0 aliphatic heterocycles. The minimum absolute atomic E-state index is 0.0664. The van der Waals surface area contributed by atoms with Crippen molar-refractivity contribution in [2.45, 2.75) is 19.9 Å². The number of anilines is 1. The van der Waals surface area contributed by atoms with E-state index in [0.29, 0.717) is 18.9 Å². The summed E-state index contributed by atoms with van der Waals surface area (Å²) in [6.07, 6.45) is 2.17. The molecule has 2 aromatic heterocycles. The SMILES string of the molecule is Cc1c(I)cnn1CCC(=O)Nc1nc2ccccc2n1C. The van der Waals surface area contributed by atoms with Gasteiger partial charge in [0.1, 0.15) is 0 Å². The number of carbonyl (C=O) groups excluding carboxylic acids is 1. The van der Waals surface area contributed by atoms with Gasteiger partial charge in [-0.3, -0.25) is 14.8 Å². The van der Waals surface area contributed by atoms with Crippen LogP contribution in [0.4, 0.5) is 5.95 Å². The Balaban J connectivity index is 1.68. The van der Waals surface area contributed by atoms with E-state index in [1.807, 2.05) is 47.5 Å². The summed E-state index contributed by atoms with van der Waals surface area (Å²) in [7, 11) is 1.89. The maximum Gasteiger partial charge on any atom is 0.228 e. The summed E-state index contributed by atoms with van der Waals surface area (Å²) in [6, 6.07) is 7.80. The molecular weight excluding hydrogens is 393 g/mol. The van der Waals surface area contributed by atoms with Crippen LogP contribution in [0.3, 0.4) is 0 Å². The Labute approximate surface area is 141 Å². The number of amides is 1. The minimum Gasteiger partial charge on any atom is -0.313 e. The standard InChI is InChI=1S/C15H16IN5O/c1-10-11(16)9-17-21(10)8-7-14(22)19-15-18-12-5-3-4-6-13(12)20(15)2/h3-6,9H,7-8H2,1-2H3,(H,18,19,22). The molecule has 0 spiro atoms. The predicted molar refractivity (Wildman–Crippen MR) is 93.6 cm³/mol. The van der Waals surface area contributed by atoms with E-state index in [-0.39, 0.29) is 5.91 Å². The third kappa shape index (κ3) is 2.85. The molecule has 1 N–H and O–H groups in total. The average molecular weight is 409 g/mol. The van der Waals surface area contributed by atoms with E-state index in [2.05, 4.69) is 38.0 Å². The first-order valence-corrected chi connectivity index (χ1v) is 8.03. The summed E-state index contributed by atoms with van der Waals surface area (Å²) < 4.78 is 4.83. The number of carbonyl (C=O) groups is 1. The van der Waals surface area contributed by atoms with Crippen LogP contribution in [-0.4, -0.2) is 25.2 Å². The summed E-state index contributed by atoms with van der Waals surface area (Å²) in [5, 5.41) is 7.12. The third-order valence-electron chi connectivity index (χ3n) is 3.63. The highest BCUT2D eigenvalue weighted by molar-refractivity contribution is 14.1. The van der Waals surface area contributed by atoms with Gasteiger partial charge in [0.15, 0.2) is 0 Å². The van der Waals surface area contributed by atoms with Gasteiger partial charge in [-0.25, -0.2) is 4.98 Å². The van der Waals surface area contributed by atoms with Crippen LogP contribution in [0.25, 0.3) is 11.0 Å². The van der Waals surface area contributed by atoms with Crippen LogP contribution in [0.15, 0.2) is 30.5 Å². The number of halogens is 1. The minimum atomic E-state index is -0.0664. The zero-order valence-corrected chi connectivity index (χ0v) is 14.5. The number of hydrogen-bond acceptors (Lipinski definition) is 3. The lowest BCUT2D eigenvalue weighted by Gasteiger charge is -2.06. The van der Waals surface area contributed by atoms with Gasteiger partial charge in [-0.2, -0.15) is 5.10 Å². The summed E-state index contributed by atoms with van der Waals surface area (Å²) in [5.41, 5.74) is 2.95. The Morgan fingerprint density at radius 1 is 1.36 bits per heavy atom. The second kappa shape index (κ2) is 6.07. The van der Waals surface area contributed by atoms with Crippen molar-refractivity contribution in [3.8, 4) is 0 Å². The van der Waals surface area contributed by atoms with E-state index in [4.69, 9.17) is 0 Å². The van der Waals surface area contributed by atoms with Crippen LogP contribution in [0.1, 0.15) is 12.1 Å². The number of aryl methyl sites for hydroxylation is 2. The van der Waals surface area contributed by atoms with Gasteiger partial charge in [0.2, 0.25) is 11.9 Å². The van der Waals surface area contributed by atoms with Crippen LogP contribution in [0.2, 0.25) is 0 Å². The van der Waals surface area contributed by atoms with Gasteiger partial charge in [-0.05, 0) is 41.6 Å². The number of imidazole rings is 1. The average Bonchev–Trinajstić information content (AvgIpc) is 2.99. The summed E-state index contributed by atoms with van der Waals surface area (Å²) in [5.74, 6) is 0.501. The quantitative estimate of drug-likeness (QED) is 0.675. The first-order valence-electron chi connectivity index (χ1n) is 6.95. The van der Waals surface area contributed by atoms with Gasteiger partial charge in [0, 0.05) is 19.2 Å². The fourth-order valence-corrected chi connectivity index (χ4v) is 2.70. The van der Waals surface area contributed by atoms with E-state index in [1.54, 1.807) is 6.20 Å². The first kappa shape index (κ1) is 15.0. The number of para-hydroxylation sites is 2. The second-order valence-corrected chi connectivity index (χ2v) is 6.24. The number of fused-ring (bicyclic) bond motifs is 1. The zero-order valence-electron chi connectivity index (χ0n) is 12.4. The van der Waals surface area contributed by atoms with Crippen LogP contribution < -0.4 is 5.32 Å². The molecule has 7 heteroatoms. The molecule has 2 heterocycles. The molecule has 0 atom stereocenters. The summed E-state index contributed by atoms with van der Waals surface area (Å²) in [6.45, 7) is 2.56. The van der Waals surface area contributed by atoms with Crippen molar-refractivity contribution >= 4 is 45.5 Å². The monoisotopic (exact) mass is 409 g/mol. The molecule has 114 valence electrons. The zero-order chi connectivity index (χ0) is 15.7. The molecule has 0 unspecified atom stereocenters. The van der Waals surface area contributed by atoms with E-state index in [1.165, 1.54) is 0 Å². The molecule has 3 aromatic rings. The van der Waals surface area contributed by atoms with E-state index >= 15 is 0 Å². The lowest BCUT2D eigenvalue weighted by molar-refractivity contribution is -0.116. The first-order chi connectivity index (χ1) is 10.6. The Morgan fingerprint density at radius 3 is 2.82 bits per heavy atom. The summed E-state index contributed by atoms with van der Waals surface area (Å²) in [4.78, 5) is 16.6. The fraction of sp³-hybridized carbons (Fsp3) is 0.267. The van der Waals surface area contributed by atoms with Crippen LogP contribution >= 0.6 is 22.6 Å². The van der Waals surface area contributed by atoms with Crippen molar-refractivity contribution in [3.63, 3.8) is 0 Å². The van der Waals surface area contributed by atoms with E-state index < -0.39 is 0 Å². The molecule has 0 fully saturated rings. The predicted octanol–water partition coefficient (Wildman–Crippen LogP) is 2.71. The van der Waals surface area contributed by atoms with Gasteiger partial charge in [0.25, 0.3) is 0 Å². The molecule has 0 bridgehead atoms. The van der Waals surface area contributed by atoms with Gasteiger partial charge < -0.3 is 4.57 Å². The highest BCUT2D eigenvalue weighted by Gasteiger charge is 2.11. The van der Waals surface area contributed by atoms with Gasteiger partial charge in [0.05, 0.1) is 27.3 Å². The third-order valence-corrected chi connectivity index (χ3v) is 4.69. The lowest BCUT2D eigenvalue weighted by Crippen LogP contribution is -2.17. The van der Waals surface area contributed by atoms with Crippen molar-refractivity contribution in [2.24, 2.45) is 7.05 Å². The molecule has 1 aromatic carbocycles. The van der Waals surface area contributed by atoms with E-state index in [0.717, 1.165) is 20.3 Å². The van der Waals surface area contributed by atoms with Crippen molar-refractivity contribution in [2.75, 3.05) is 5.32 Å². The number of nitrogens with one attached hydrogen (secondary N) is 1. The fourth-order valence-electron chi connectivity index (χ4n) is 2.30. The Bertz CT molecular complexity index is 836. The van der Waals surface area contributed by atoms with E-state index in [9.17, 15) is 4.79 Å². The smallest absolute Gasteiger partial charge is 0.228 e. The van der Waals surface area contributed by atoms with Gasteiger partial charge in [-0.1, -0.05) is 12.1 Å². The topological polar surface area (TPSA) is 64.7 Å². The number of aromatic nitrogens is 4. The molecular formula is C15H16IN5O. The normalized spacial score (nSPS) is 11.0. The van der Waals surface area contributed by atoms with Crippen molar-refractivity contribution in [3.05, 3.63) is 39.7 Å². The molecule has 6 nitrogen and oxygen atoms in total. The number of hydrogen-bond donors (Lipinski definition) is 1. The molecule has 3 rings (SSSR count). The van der Waals surface area contributed by atoms with Gasteiger partial charge in [-0.15, -0.1) is 0 Å². The molecule has 0 saturated carbocycles. The molecule has 1 amide bonds. The maximum absolute atomic E-state index is 12.1. The molecule has 0 aliphatic carbocycles. The second-order valence-electron chi connectivity index (χ2n) is 5.08. The number of rotatable bonds is 4. The highest BCUT2D eigenvalue weighted by atomic mass is 127. The van der Waals surface area contributed by atoms with Crippen molar-refractivity contribution in [1.29, 1.82) is 0 Å². The van der Waals surface area contributed by atoms with Crippen LogP contribution in [0.5, 0.6) is 0 Å². The molecule has 22 heavy (non-hydrogen) atoms. The molecule has 0 aliphatic rings. The lowest BCUT2D eigenvalue weighted by atomic mass is 10.3. The molecule has 0 saturated heterocycles. The summed E-state index contributed by atoms with van der Waals surface area (Å²) >= 11 is 2.24. The Kier molecular flexibility index (Phi) is 4.14. The van der Waals surface area contributed by atoms with Gasteiger partial charge >= 0.3 is 0 Å². The Hall–Kier alpha value is -1.90. The Morgan fingerprint density at radius 2 is 2.14 bits per heavy atom. The maximum atomic E-state index is 12.1.